The number of benzene rings is 3. The Bertz CT molecular complexity index is 873. The number of carbonyl (C=O) groups excluding carboxylic acids is 1. The molecule has 0 spiro atoms. The Balaban J connectivity index is 1.80. The van der Waals surface area contributed by atoms with Crippen molar-refractivity contribution in [3.05, 3.63) is 78.4 Å². The number of hydrogen-bond acceptors (Lipinski definition) is 2. The molecular weight excluding hydrogens is 304 g/mol. The number of aliphatic carboxylic acids is 1. The summed E-state index contributed by atoms with van der Waals surface area (Å²) in [4.78, 5) is 23.7. The summed E-state index contributed by atoms with van der Waals surface area (Å²) in [5.74, 6) is -1.12. The highest BCUT2D eigenvalue weighted by Gasteiger charge is 2.21. The van der Waals surface area contributed by atoms with Crippen molar-refractivity contribution < 1.29 is 14.7 Å². The van der Waals surface area contributed by atoms with Crippen molar-refractivity contribution in [2.45, 2.75) is 6.04 Å². The van der Waals surface area contributed by atoms with Gasteiger partial charge in [0.15, 0.2) is 6.04 Å². The summed E-state index contributed by atoms with van der Waals surface area (Å²) >= 11 is 0. The normalized spacial score (nSPS) is 11.7. The van der Waals surface area contributed by atoms with E-state index in [2.05, 4.69) is 10.6 Å². The lowest BCUT2D eigenvalue weighted by molar-refractivity contribution is -0.139. The van der Waals surface area contributed by atoms with Gasteiger partial charge in [-0.25, -0.2) is 9.59 Å². The SMILES string of the molecule is O=C(Nc1cccc2ccccc12)NC(C(=O)O)c1ccccc1. The topological polar surface area (TPSA) is 78.4 Å². The van der Waals surface area contributed by atoms with Gasteiger partial charge in [-0.05, 0) is 17.0 Å². The number of carboxylic acids is 1. The molecule has 0 aliphatic carbocycles. The average Bonchev–Trinajstić information content (AvgIpc) is 2.60. The van der Waals surface area contributed by atoms with Gasteiger partial charge in [-0.1, -0.05) is 66.7 Å². The van der Waals surface area contributed by atoms with E-state index in [-0.39, 0.29) is 0 Å². The number of anilines is 1. The molecule has 0 saturated heterocycles. The second-order valence-corrected chi connectivity index (χ2v) is 5.31. The zero-order valence-corrected chi connectivity index (χ0v) is 12.8. The Kier molecular flexibility index (Phi) is 4.43. The van der Waals surface area contributed by atoms with Crippen molar-refractivity contribution in [3.8, 4) is 0 Å². The molecule has 5 heteroatoms. The molecule has 1 unspecified atom stereocenters. The smallest absolute Gasteiger partial charge is 0.330 e. The molecule has 5 nitrogen and oxygen atoms in total. The average molecular weight is 320 g/mol. The fourth-order valence-corrected chi connectivity index (χ4v) is 2.56. The van der Waals surface area contributed by atoms with Crippen molar-refractivity contribution in [1.29, 1.82) is 0 Å². The van der Waals surface area contributed by atoms with Gasteiger partial charge in [0.25, 0.3) is 0 Å². The van der Waals surface area contributed by atoms with Gasteiger partial charge in [0, 0.05) is 5.39 Å². The molecule has 3 aromatic rings. The van der Waals surface area contributed by atoms with E-state index < -0.39 is 18.0 Å². The summed E-state index contributed by atoms with van der Waals surface area (Å²) in [5, 5.41) is 16.5. The van der Waals surface area contributed by atoms with Crippen LogP contribution in [0.2, 0.25) is 0 Å². The molecule has 24 heavy (non-hydrogen) atoms. The van der Waals surface area contributed by atoms with E-state index in [4.69, 9.17) is 0 Å². The summed E-state index contributed by atoms with van der Waals surface area (Å²) < 4.78 is 0. The van der Waals surface area contributed by atoms with Crippen LogP contribution in [0.4, 0.5) is 10.5 Å². The molecule has 120 valence electrons. The number of carboxylic acid groups (broad SMARTS) is 1. The highest BCUT2D eigenvalue weighted by Crippen LogP contribution is 2.23. The van der Waals surface area contributed by atoms with Gasteiger partial charge >= 0.3 is 12.0 Å². The summed E-state index contributed by atoms with van der Waals surface area (Å²) in [7, 11) is 0. The van der Waals surface area contributed by atoms with Crippen LogP contribution >= 0.6 is 0 Å². The Labute approximate surface area is 138 Å². The third kappa shape index (κ3) is 3.35. The first kappa shape index (κ1) is 15.6. The van der Waals surface area contributed by atoms with E-state index >= 15 is 0 Å². The molecule has 0 radical (unpaired) electrons. The molecule has 3 aromatic carbocycles. The molecule has 0 heterocycles. The van der Waals surface area contributed by atoms with Crippen molar-refractivity contribution in [1.82, 2.24) is 5.32 Å². The van der Waals surface area contributed by atoms with E-state index in [0.29, 0.717) is 11.3 Å². The van der Waals surface area contributed by atoms with Gasteiger partial charge in [0.2, 0.25) is 0 Å². The fraction of sp³-hybridized carbons (Fsp3) is 0.0526. The minimum atomic E-state index is -1.12. The van der Waals surface area contributed by atoms with Crippen LogP contribution in [0, 0.1) is 0 Å². The highest BCUT2D eigenvalue weighted by molar-refractivity contribution is 6.02. The molecule has 1 atom stereocenters. The van der Waals surface area contributed by atoms with Crippen molar-refractivity contribution in [2.75, 3.05) is 5.32 Å². The Hall–Kier alpha value is -3.34. The fourth-order valence-electron chi connectivity index (χ4n) is 2.56. The zero-order valence-electron chi connectivity index (χ0n) is 12.8. The standard InChI is InChI=1S/C19H16N2O3/c22-18(23)17(14-8-2-1-3-9-14)21-19(24)20-16-12-6-10-13-7-4-5-11-15(13)16/h1-12,17H,(H,22,23)(H2,20,21,24). The molecule has 0 fully saturated rings. The summed E-state index contributed by atoms with van der Waals surface area (Å²) in [5.41, 5.74) is 1.14. The van der Waals surface area contributed by atoms with Gasteiger partial charge in [0.1, 0.15) is 0 Å². The van der Waals surface area contributed by atoms with E-state index in [1.807, 2.05) is 36.4 Å². The third-order valence-corrected chi connectivity index (χ3v) is 3.69. The monoisotopic (exact) mass is 320 g/mol. The first-order chi connectivity index (χ1) is 11.6. The minimum Gasteiger partial charge on any atom is -0.479 e. The lowest BCUT2D eigenvalue weighted by Gasteiger charge is -2.16. The molecule has 0 saturated carbocycles. The first-order valence-corrected chi connectivity index (χ1v) is 7.48. The van der Waals surface area contributed by atoms with Gasteiger partial charge in [-0.2, -0.15) is 0 Å². The predicted octanol–water partition coefficient (Wildman–Crippen LogP) is 3.79. The quantitative estimate of drug-likeness (QED) is 0.684. The maximum absolute atomic E-state index is 12.3. The van der Waals surface area contributed by atoms with Crippen LogP contribution in [0.25, 0.3) is 10.8 Å². The first-order valence-electron chi connectivity index (χ1n) is 7.48. The van der Waals surface area contributed by atoms with E-state index in [1.165, 1.54) is 0 Å². The van der Waals surface area contributed by atoms with Crippen molar-refractivity contribution in [2.24, 2.45) is 0 Å². The Morgan fingerprint density at radius 2 is 1.50 bits per heavy atom. The minimum absolute atomic E-state index is 0.512. The summed E-state index contributed by atoms with van der Waals surface area (Å²) in [6.07, 6.45) is 0. The molecule has 0 bridgehead atoms. The van der Waals surface area contributed by atoms with Crippen LogP contribution < -0.4 is 10.6 Å². The van der Waals surface area contributed by atoms with Gasteiger partial charge in [-0.3, -0.25) is 0 Å². The van der Waals surface area contributed by atoms with Gasteiger partial charge in [-0.15, -0.1) is 0 Å². The molecule has 0 aromatic heterocycles. The second-order valence-electron chi connectivity index (χ2n) is 5.31. The highest BCUT2D eigenvalue weighted by atomic mass is 16.4. The largest absolute Gasteiger partial charge is 0.479 e. The second kappa shape index (κ2) is 6.83. The third-order valence-electron chi connectivity index (χ3n) is 3.69. The number of carbonyl (C=O) groups is 2. The molecule has 3 rings (SSSR count). The summed E-state index contributed by atoms with van der Waals surface area (Å²) in [6, 6.07) is 20.1. The van der Waals surface area contributed by atoms with E-state index in [0.717, 1.165) is 10.8 Å². The lowest BCUT2D eigenvalue weighted by atomic mass is 10.1. The molecular formula is C19H16N2O3. The van der Waals surface area contributed by atoms with Crippen LogP contribution in [0.1, 0.15) is 11.6 Å². The van der Waals surface area contributed by atoms with Crippen LogP contribution in [0.5, 0.6) is 0 Å². The summed E-state index contributed by atoms with van der Waals surface area (Å²) in [6.45, 7) is 0. The van der Waals surface area contributed by atoms with Crippen LogP contribution in [0.3, 0.4) is 0 Å². The maximum atomic E-state index is 12.3. The number of urea groups is 1. The number of nitrogens with one attached hydrogen (secondary N) is 2. The van der Waals surface area contributed by atoms with Crippen LogP contribution in [-0.2, 0) is 4.79 Å². The van der Waals surface area contributed by atoms with Gasteiger partial charge < -0.3 is 15.7 Å². The van der Waals surface area contributed by atoms with E-state index in [1.54, 1.807) is 36.4 Å². The number of hydrogen-bond donors (Lipinski definition) is 3. The van der Waals surface area contributed by atoms with Crippen LogP contribution in [-0.4, -0.2) is 17.1 Å². The van der Waals surface area contributed by atoms with Crippen LogP contribution in [0.15, 0.2) is 72.8 Å². The van der Waals surface area contributed by atoms with Crippen molar-refractivity contribution >= 4 is 28.5 Å². The number of amides is 2. The molecule has 0 aliphatic rings. The Morgan fingerprint density at radius 3 is 2.25 bits per heavy atom. The molecule has 3 N–H and O–H groups in total. The maximum Gasteiger partial charge on any atom is 0.330 e. The lowest BCUT2D eigenvalue weighted by Crippen LogP contribution is -2.36. The number of rotatable bonds is 4. The molecule has 2 amide bonds. The predicted molar refractivity (Wildman–Crippen MR) is 92.9 cm³/mol. The van der Waals surface area contributed by atoms with Gasteiger partial charge in [0.05, 0.1) is 5.69 Å². The number of fused-ring (bicyclic) bond motifs is 1. The molecule has 0 aliphatic heterocycles. The van der Waals surface area contributed by atoms with E-state index in [9.17, 15) is 14.7 Å². The van der Waals surface area contributed by atoms with Crippen molar-refractivity contribution in [3.63, 3.8) is 0 Å². The zero-order chi connectivity index (χ0) is 16.9. The Morgan fingerprint density at radius 1 is 0.833 bits per heavy atom.